The number of morpholine rings is 1. The number of nitrogens with zero attached hydrogens (tertiary/aromatic N) is 3. The van der Waals surface area contributed by atoms with Crippen LogP contribution in [-0.4, -0.2) is 60.4 Å². The molecular weight excluding hydrogens is 244 g/mol. The first kappa shape index (κ1) is 12.6. The van der Waals surface area contributed by atoms with E-state index in [1.54, 1.807) is 19.5 Å². The molecule has 0 saturated carbocycles. The molecule has 2 aliphatic heterocycles. The summed E-state index contributed by atoms with van der Waals surface area (Å²) in [5, 5.41) is 3.22. The molecule has 2 fully saturated rings. The van der Waals surface area contributed by atoms with Gasteiger partial charge in [-0.05, 0) is 19.4 Å². The van der Waals surface area contributed by atoms with Crippen LogP contribution in [0.15, 0.2) is 12.4 Å². The Morgan fingerprint density at radius 2 is 2.32 bits per heavy atom. The van der Waals surface area contributed by atoms with Gasteiger partial charge in [-0.2, -0.15) is 0 Å². The van der Waals surface area contributed by atoms with Crippen LogP contribution < -0.4 is 10.1 Å². The van der Waals surface area contributed by atoms with Crippen LogP contribution in [0.5, 0.6) is 5.75 Å². The van der Waals surface area contributed by atoms with Gasteiger partial charge in [0.05, 0.1) is 32.2 Å². The average molecular weight is 264 g/mol. The van der Waals surface area contributed by atoms with Crippen LogP contribution in [0.25, 0.3) is 0 Å². The summed E-state index contributed by atoms with van der Waals surface area (Å²) in [5.74, 6) is 1.28. The maximum atomic E-state index is 5.87. The van der Waals surface area contributed by atoms with Crippen LogP contribution >= 0.6 is 0 Å². The molecule has 0 amide bonds. The molecule has 0 aliphatic carbocycles. The second-order valence-corrected chi connectivity index (χ2v) is 5.07. The monoisotopic (exact) mass is 264 g/mol. The molecule has 2 atom stereocenters. The standard InChI is InChI=1S/C13H20N4O2/c1-18-11-5-14-13(15-6-11)16-7-12-8-17-4-2-3-10(17)9-19-12/h5-6,10,12H,2-4,7-9H2,1H3,(H,14,15,16). The highest BCUT2D eigenvalue weighted by molar-refractivity contribution is 5.27. The minimum Gasteiger partial charge on any atom is -0.494 e. The Labute approximate surface area is 113 Å². The van der Waals surface area contributed by atoms with E-state index >= 15 is 0 Å². The summed E-state index contributed by atoms with van der Waals surface area (Å²) in [4.78, 5) is 10.9. The molecule has 6 heteroatoms. The second kappa shape index (κ2) is 5.71. The van der Waals surface area contributed by atoms with Crippen molar-refractivity contribution in [3.8, 4) is 5.75 Å². The summed E-state index contributed by atoms with van der Waals surface area (Å²) in [6, 6.07) is 0.647. The van der Waals surface area contributed by atoms with E-state index < -0.39 is 0 Å². The summed E-state index contributed by atoms with van der Waals surface area (Å²) in [6.07, 6.45) is 6.12. The first-order valence-electron chi connectivity index (χ1n) is 6.80. The first-order valence-corrected chi connectivity index (χ1v) is 6.80. The van der Waals surface area contributed by atoms with E-state index in [1.165, 1.54) is 19.4 Å². The average Bonchev–Trinajstić information content (AvgIpc) is 2.93. The summed E-state index contributed by atoms with van der Waals surface area (Å²) >= 11 is 0. The van der Waals surface area contributed by atoms with Crippen molar-refractivity contribution in [2.75, 3.05) is 38.7 Å². The fourth-order valence-corrected chi connectivity index (χ4v) is 2.73. The molecule has 1 N–H and O–H groups in total. The molecule has 1 aromatic rings. The highest BCUT2D eigenvalue weighted by Crippen LogP contribution is 2.22. The maximum Gasteiger partial charge on any atom is 0.222 e. The normalized spacial score (nSPS) is 27.0. The Bertz CT molecular complexity index is 412. The van der Waals surface area contributed by atoms with E-state index in [4.69, 9.17) is 9.47 Å². The number of hydrogen-bond donors (Lipinski definition) is 1. The van der Waals surface area contributed by atoms with Crippen molar-refractivity contribution in [3.63, 3.8) is 0 Å². The number of aromatic nitrogens is 2. The lowest BCUT2D eigenvalue weighted by Gasteiger charge is -2.35. The van der Waals surface area contributed by atoms with Crippen LogP contribution in [0, 0.1) is 0 Å². The van der Waals surface area contributed by atoms with Gasteiger partial charge in [0.1, 0.15) is 0 Å². The zero-order chi connectivity index (χ0) is 13.1. The molecule has 0 aromatic carbocycles. The smallest absolute Gasteiger partial charge is 0.222 e. The van der Waals surface area contributed by atoms with Gasteiger partial charge in [-0.15, -0.1) is 0 Å². The predicted molar refractivity (Wildman–Crippen MR) is 71.4 cm³/mol. The number of methoxy groups -OCH3 is 1. The number of rotatable bonds is 4. The van der Waals surface area contributed by atoms with Crippen LogP contribution in [-0.2, 0) is 4.74 Å². The second-order valence-electron chi connectivity index (χ2n) is 5.07. The molecule has 3 rings (SSSR count). The topological polar surface area (TPSA) is 59.5 Å². The Balaban J connectivity index is 1.49. The summed E-state index contributed by atoms with van der Waals surface area (Å²) in [6.45, 7) is 3.82. The van der Waals surface area contributed by atoms with Crippen molar-refractivity contribution in [3.05, 3.63) is 12.4 Å². The minimum absolute atomic E-state index is 0.222. The van der Waals surface area contributed by atoms with Crippen molar-refractivity contribution >= 4 is 5.95 Å². The lowest BCUT2D eigenvalue weighted by molar-refractivity contribution is -0.0416. The van der Waals surface area contributed by atoms with Crippen molar-refractivity contribution in [2.24, 2.45) is 0 Å². The molecule has 2 aliphatic rings. The Morgan fingerprint density at radius 1 is 1.47 bits per heavy atom. The number of nitrogens with one attached hydrogen (secondary N) is 1. The molecule has 2 saturated heterocycles. The molecule has 2 unspecified atom stereocenters. The third-order valence-electron chi connectivity index (χ3n) is 3.81. The first-order chi connectivity index (χ1) is 9.35. The lowest BCUT2D eigenvalue weighted by atomic mass is 10.2. The Kier molecular flexibility index (Phi) is 3.79. The fraction of sp³-hybridized carbons (Fsp3) is 0.692. The van der Waals surface area contributed by atoms with Gasteiger partial charge in [0.25, 0.3) is 0 Å². The van der Waals surface area contributed by atoms with Gasteiger partial charge in [0.2, 0.25) is 5.95 Å². The van der Waals surface area contributed by atoms with E-state index in [9.17, 15) is 0 Å². The lowest BCUT2D eigenvalue weighted by Crippen LogP contribution is -2.48. The fourth-order valence-electron chi connectivity index (χ4n) is 2.73. The number of ether oxygens (including phenoxy) is 2. The summed E-state index contributed by atoms with van der Waals surface area (Å²) in [5.41, 5.74) is 0. The molecule has 1 aromatic heterocycles. The zero-order valence-electron chi connectivity index (χ0n) is 11.2. The third-order valence-corrected chi connectivity index (χ3v) is 3.81. The van der Waals surface area contributed by atoms with Crippen molar-refractivity contribution in [2.45, 2.75) is 25.0 Å². The molecule has 104 valence electrons. The number of fused-ring (bicyclic) bond motifs is 1. The van der Waals surface area contributed by atoms with Gasteiger partial charge < -0.3 is 14.8 Å². The molecule has 3 heterocycles. The van der Waals surface area contributed by atoms with Gasteiger partial charge in [0, 0.05) is 19.1 Å². The Morgan fingerprint density at radius 3 is 3.11 bits per heavy atom. The molecule has 0 radical (unpaired) electrons. The van der Waals surface area contributed by atoms with Crippen LogP contribution in [0.4, 0.5) is 5.95 Å². The maximum absolute atomic E-state index is 5.87. The summed E-state index contributed by atoms with van der Waals surface area (Å²) in [7, 11) is 1.61. The van der Waals surface area contributed by atoms with Crippen molar-refractivity contribution in [1.29, 1.82) is 0 Å². The predicted octanol–water partition coefficient (Wildman–Crippen LogP) is 0.760. The van der Waals surface area contributed by atoms with Crippen LogP contribution in [0.2, 0.25) is 0 Å². The van der Waals surface area contributed by atoms with Crippen molar-refractivity contribution < 1.29 is 9.47 Å². The van der Waals surface area contributed by atoms with Crippen molar-refractivity contribution in [1.82, 2.24) is 14.9 Å². The summed E-state index contributed by atoms with van der Waals surface area (Å²) < 4.78 is 10.9. The van der Waals surface area contributed by atoms with Gasteiger partial charge in [-0.1, -0.05) is 0 Å². The SMILES string of the molecule is COc1cnc(NCC2CN3CCCC3CO2)nc1. The van der Waals surface area contributed by atoms with Gasteiger partial charge in [-0.3, -0.25) is 4.90 Å². The van der Waals surface area contributed by atoms with E-state index in [1.807, 2.05) is 0 Å². The molecule has 6 nitrogen and oxygen atoms in total. The molecule has 0 spiro atoms. The molecular formula is C13H20N4O2. The highest BCUT2D eigenvalue weighted by Gasteiger charge is 2.31. The van der Waals surface area contributed by atoms with E-state index in [0.717, 1.165) is 19.7 Å². The minimum atomic E-state index is 0.222. The van der Waals surface area contributed by atoms with Gasteiger partial charge >= 0.3 is 0 Å². The van der Waals surface area contributed by atoms with Gasteiger partial charge in [0.15, 0.2) is 5.75 Å². The highest BCUT2D eigenvalue weighted by atomic mass is 16.5. The van der Waals surface area contributed by atoms with Crippen LogP contribution in [0.3, 0.4) is 0 Å². The molecule has 0 bridgehead atoms. The number of anilines is 1. The third kappa shape index (κ3) is 2.96. The van der Waals surface area contributed by atoms with Crippen LogP contribution in [0.1, 0.15) is 12.8 Å². The quantitative estimate of drug-likeness (QED) is 0.866. The number of hydrogen-bond acceptors (Lipinski definition) is 6. The molecule has 19 heavy (non-hydrogen) atoms. The van der Waals surface area contributed by atoms with E-state index in [0.29, 0.717) is 17.7 Å². The Hall–Kier alpha value is -1.40. The largest absolute Gasteiger partial charge is 0.494 e. The van der Waals surface area contributed by atoms with E-state index in [2.05, 4.69) is 20.2 Å². The van der Waals surface area contributed by atoms with Gasteiger partial charge in [-0.25, -0.2) is 9.97 Å². The zero-order valence-corrected chi connectivity index (χ0v) is 11.2. The van der Waals surface area contributed by atoms with E-state index in [-0.39, 0.29) is 6.10 Å².